The first-order chi connectivity index (χ1) is 12.0. The molecule has 0 saturated carbocycles. The third kappa shape index (κ3) is 3.94. The predicted octanol–water partition coefficient (Wildman–Crippen LogP) is 3.79. The second-order valence-electron chi connectivity index (χ2n) is 6.70. The highest BCUT2D eigenvalue weighted by atomic mass is 32.2. The van der Waals surface area contributed by atoms with Crippen LogP contribution in [0.5, 0.6) is 0 Å². The maximum atomic E-state index is 12.8. The van der Waals surface area contributed by atoms with E-state index in [1.807, 2.05) is 24.3 Å². The van der Waals surface area contributed by atoms with Crippen molar-refractivity contribution in [1.29, 1.82) is 0 Å². The van der Waals surface area contributed by atoms with E-state index in [0.29, 0.717) is 15.7 Å². The molecule has 0 amide bonds. The number of nitrogens with one attached hydrogen (secondary N) is 2. The van der Waals surface area contributed by atoms with E-state index in [1.54, 1.807) is 30.5 Å². The Balaban J connectivity index is 1.83. The van der Waals surface area contributed by atoms with Crippen molar-refractivity contribution in [3.63, 3.8) is 0 Å². The molecule has 4 nitrogen and oxygen atoms in total. The van der Waals surface area contributed by atoms with Gasteiger partial charge in [-0.2, -0.15) is 0 Å². The van der Waals surface area contributed by atoms with Crippen molar-refractivity contribution < 1.29 is 8.42 Å². The highest BCUT2D eigenvalue weighted by molar-refractivity contribution is 7.91. The molecular formula is C20H24N2O2S. The van der Waals surface area contributed by atoms with Gasteiger partial charge in [0, 0.05) is 17.1 Å². The number of aromatic nitrogens is 1. The van der Waals surface area contributed by atoms with Crippen LogP contribution in [-0.4, -0.2) is 26.5 Å². The molecule has 0 fully saturated rings. The summed E-state index contributed by atoms with van der Waals surface area (Å²) in [5.41, 5.74) is 2.05. The van der Waals surface area contributed by atoms with Crippen molar-refractivity contribution in [2.45, 2.75) is 30.1 Å². The quantitative estimate of drug-likeness (QED) is 0.633. The van der Waals surface area contributed by atoms with E-state index in [4.69, 9.17) is 0 Å². The second kappa shape index (κ2) is 7.42. The minimum Gasteiger partial charge on any atom is -0.360 e. The first kappa shape index (κ1) is 17.7. The topological polar surface area (TPSA) is 62.0 Å². The molecule has 0 atom stereocenters. The minimum atomic E-state index is -3.51. The number of rotatable bonds is 7. The molecule has 0 aliphatic heterocycles. The normalized spacial score (nSPS) is 12.1. The van der Waals surface area contributed by atoms with E-state index in [2.05, 4.69) is 24.1 Å². The minimum absolute atomic E-state index is 0.317. The van der Waals surface area contributed by atoms with E-state index < -0.39 is 9.84 Å². The zero-order valence-electron chi connectivity index (χ0n) is 14.6. The molecule has 1 heterocycles. The first-order valence-electron chi connectivity index (χ1n) is 8.59. The molecule has 0 spiro atoms. The summed E-state index contributed by atoms with van der Waals surface area (Å²) in [4.78, 5) is 3.76. The monoisotopic (exact) mass is 356 g/mol. The van der Waals surface area contributed by atoms with Crippen LogP contribution in [-0.2, 0) is 16.3 Å². The molecule has 3 rings (SSSR count). The van der Waals surface area contributed by atoms with Crippen LogP contribution in [0.2, 0.25) is 0 Å². The summed E-state index contributed by atoms with van der Waals surface area (Å²) in [5.74, 6) is 0.636. The Morgan fingerprint density at radius 1 is 1.08 bits per heavy atom. The van der Waals surface area contributed by atoms with Crippen LogP contribution in [0.4, 0.5) is 0 Å². The molecule has 0 aliphatic carbocycles. The average Bonchev–Trinajstić information content (AvgIpc) is 3.03. The Labute approximate surface area is 149 Å². The van der Waals surface area contributed by atoms with Gasteiger partial charge in [0.15, 0.2) is 0 Å². The molecule has 2 aromatic carbocycles. The molecule has 0 aliphatic rings. The van der Waals surface area contributed by atoms with Crippen LogP contribution in [0.25, 0.3) is 10.9 Å². The largest absolute Gasteiger partial charge is 0.360 e. The standard InChI is InChI=1S/C20H24N2O2S/c1-15(2)13-21-11-10-16-8-9-18-19(12-16)22-14-20(18)25(23,24)17-6-4-3-5-7-17/h3-9,12,14-15,21-22H,10-11,13H2,1-2H3. The lowest BCUT2D eigenvalue weighted by atomic mass is 10.1. The van der Waals surface area contributed by atoms with Gasteiger partial charge in [-0.05, 0) is 49.2 Å². The molecule has 3 aromatic rings. The van der Waals surface area contributed by atoms with Crippen LogP contribution < -0.4 is 5.32 Å². The molecule has 5 heteroatoms. The number of hydrogen-bond donors (Lipinski definition) is 2. The third-order valence-corrected chi connectivity index (χ3v) is 6.00. The fraction of sp³-hybridized carbons (Fsp3) is 0.300. The number of aromatic amines is 1. The zero-order chi connectivity index (χ0) is 17.9. The molecule has 0 unspecified atom stereocenters. The lowest BCUT2D eigenvalue weighted by Gasteiger charge is -2.07. The van der Waals surface area contributed by atoms with E-state index in [-0.39, 0.29) is 0 Å². The Hall–Kier alpha value is -2.11. The zero-order valence-corrected chi connectivity index (χ0v) is 15.4. The number of H-pyrrole nitrogens is 1. The highest BCUT2D eigenvalue weighted by Crippen LogP contribution is 2.28. The summed E-state index contributed by atoms with van der Waals surface area (Å²) < 4.78 is 25.7. The van der Waals surface area contributed by atoms with Crippen LogP contribution in [0.1, 0.15) is 19.4 Å². The summed E-state index contributed by atoms with van der Waals surface area (Å²) in [6, 6.07) is 14.5. The summed E-state index contributed by atoms with van der Waals surface area (Å²) >= 11 is 0. The smallest absolute Gasteiger partial charge is 0.208 e. The van der Waals surface area contributed by atoms with Gasteiger partial charge in [-0.15, -0.1) is 0 Å². The number of benzene rings is 2. The lowest BCUT2D eigenvalue weighted by Crippen LogP contribution is -2.22. The van der Waals surface area contributed by atoms with E-state index >= 15 is 0 Å². The average molecular weight is 356 g/mol. The predicted molar refractivity (Wildman–Crippen MR) is 102 cm³/mol. The molecule has 1 aromatic heterocycles. The maximum absolute atomic E-state index is 12.8. The molecule has 132 valence electrons. The van der Waals surface area contributed by atoms with Crippen molar-refractivity contribution in [1.82, 2.24) is 10.3 Å². The molecule has 2 N–H and O–H groups in total. The van der Waals surface area contributed by atoms with E-state index in [1.165, 1.54) is 5.56 Å². The SMILES string of the molecule is CC(C)CNCCc1ccc2c(S(=O)(=O)c3ccccc3)c[nH]c2c1. The molecule has 0 saturated heterocycles. The van der Waals surface area contributed by atoms with E-state index in [0.717, 1.165) is 30.4 Å². The van der Waals surface area contributed by atoms with Gasteiger partial charge in [0.2, 0.25) is 9.84 Å². The molecule has 0 radical (unpaired) electrons. The van der Waals surface area contributed by atoms with Crippen molar-refractivity contribution in [2.75, 3.05) is 13.1 Å². The Morgan fingerprint density at radius 3 is 2.56 bits per heavy atom. The van der Waals surface area contributed by atoms with Gasteiger partial charge in [-0.1, -0.05) is 44.2 Å². The number of fused-ring (bicyclic) bond motifs is 1. The van der Waals surface area contributed by atoms with Crippen molar-refractivity contribution >= 4 is 20.7 Å². The number of sulfone groups is 1. The van der Waals surface area contributed by atoms with Gasteiger partial charge < -0.3 is 10.3 Å². The molecular weight excluding hydrogens is 332 g/mol. The van der Waals surface area contributed by atoms with Gasteiger partial charge in [0.1, 0.15) is 0 Å². The summed E-state index contributed by atoms with van der Waals surface area (Å²) in [5, 5.41) is 4.16. The van der Waals surface area contributed by atoms with Crippen LogP contribution in [0, 0.1) is 5.92 Å². The van der Waals surface area contributed by atoms with Crippen molar-refractivity contribution in [3.05, 3.63) is 60.3 Å². The first-order valence-corrected chi connectivity index (χ1v) is 10.1. The van der Waals surface area contributed by atoms with E-state index in [9.17, 15) is 8.42 Å². The van der Waals surface area contributed by atoms with Gasteiger partial charge in [0.05, 0.1) is 9.79 Å². The van der Waals surface area contributed by atoms with Gasteiger partial charge in [-0.25, -0.2) is 8.42 Å². The Morgan fingerprint density at radius 2 is 1.84 bits per heavy atom. The fourth-order valence-electron chi connectivity index (χ4n) is 2.87. The summed E-state index contributed by atoms with van der Waals surface area (Å²) in [6.45, 7) is 6.29. The molecule has 25 heavy (non-hydrogen) atoms. The van der Waals surface area contributed by atoms with Crippen molar-refractivity contribution in [2.24, 2.45) is 5.92 Å². The number of hydrogen-bond acceptors (Lipinski definition) is 3. The molecule has 0 bridgehead atoms. The highest BCUT2D eigenvalue weighted by Gasteiger charge is 2.21. The van der Waals surface area contributed by atoms with Crippen LogP contribution in [0.15, 0.2) is 64.5 Å². The van der Waals surface area contributed by atoms with Gasteiger partial charge in [0.25, 0.3) is 0 Å². The Kier molecular flexibility index (Phi) is 5.25. The van der Waals surface area contributed by atoms with Gasteiger partial charge in [-0.3, -0.25) is 0 Å². The van der Waals surface area contributed by atoms with Crippen LogP contribution in [0.3, 0.4) is 0 Å². The fourth-order valence-corrected chi connectivity index (χ4v) is 4.33. The lowest BCUT2D eigenvalue weighted by molar-refractivity contribution is 0.554. The van der Waals surface area contributed by atoms with Gasteiger partial charge >= 0.3 is 0 Å². The third-order valence-electron chi connectivity index (χ3n) is 4.19. The maximum Gasteiger partial charge on any atom is 0.208 e. The van der Waals surface area contributed by atoms with Crippen LogP contribution >= 0.6 is 0 Å². The Bertz CT molecular complexity index is 944. The summed E-state index contributed by atoms with van der Waals surface area (Å²) in [6.07, 6.45) is 2.51. The van der Waals surface area contributed by atoms with Crippen molar-refractivity contribution in [3.8, 4) is 0 Å². The summed E-state index contributed by atoms with van der Waals surface area (Å²) in [7, 11) is -3.51. The second-order valence-corrected chi connectivity index (χ2v) is 8.62.